The van der Waals surface area contributed by atoms with E-state index >= 15 is 0 Å². The molecule has 0 saturated carbocycles. The zero-order chi connectivity index (χ0) is 9.40. The number of hydrogen-bond donors (Lipinski definition) is 1. The predicted octanol–water partition coefficient (Wildman–Crippen LogP) is 0.242. The first-order chi connectivity index (χ1) is 5.70. The Balaban J connectivity index is 0. The molecule has 13 heavy (non-hydrogen) atoms. The Morgan fingerprint density at radius 1 is 1.62 bits per heavy atom. The van der Waals surface area contributed by atoms with Crippen molar-refractivity contribution in [2.24, 2.45) is 5.73 Å². The van der Waals surface area contributed by atoms with Crippen LogP contribution in [0.1, 0.15) is 7.43 Å². The Kier molecular flexibility index (Phi) is 10.4. The molecule has 0 bridgehead atoms. The fourth-order valence-corrected chi connectivity index (χ4v) is 0.709. The molecule has 0 aromatic rings. The Hall–Kier alpha value is -0.870. The molecule has 0 saturated heterocycles. The fraction of sp³-hybridized carbons (Fsp3) is 0.667. The molecule has 0 rings (SSSR count). The summed E-state index contributed by atoms with van der Waals surface area (Å²) in [5, 5.41) is 0. The summed E-state index contributed by atoms with van der Waals surface area (Å²) < 4.78 is 4.42. The Morgan fingerprint density at radius 2 is 2.23 bits per heavy atom. The number of hydrogen-bond acceptors (Lipinski definition) is 4. The summed E-state index contributed by atoms with van der Waals surface area (Å²) in [6.07, 6.45) is 3.16. The summed E-state index contributed by atoms with van der Waals surface area (Å²) in [7, 11) is 3.30. The third-order valence-electron chi connectivity index (χ3n) is 1.38. The van der Waals surface area contributed by atoms with Gasteiger partial charge in [-0.25, -0.2) is 4.79 Å². The lowest BCUT2D eigenvalue weighted by Crippen LogP contribution is -2.25. The normalized spacial score (nSPS) is 10.2. The van der Waals surface area contributed by atoms with Crippen LogP contribution in [0.15, 0.2) is 12.2 Å². The van der Waals surface area contributed by atoms with Crippen LogP contribution in [-0.2, 0) is 9.53 Å². The van der Waals surface area contributed by atoms with E-state index in [1.165, 1.54) is 13.2 Å². The number of carbonyl (C=O) groups excluding carboxylic acids is 1. The van der Waals surface area contributed by atoms with E-state index in [-0.39, 0.29) is 13.4 Å². The molecular formula is C9H20N2O2. The van der Waals surface area contributed by atoms with Gasteiger partial charge in [0.15, 0.2) is 0 Å². The van der Waals surface area contributed by atoms with Crippen LogP contribution in [0, 0.1) is 0 Å². The molecule has 0 aliphatic heterocycles. The lowest BCUT2D eigenvalue weighted by atomic mass is 10.4. The Morgan fingerprint density at radius 3 is 2.69 bits per heavy atom. The van der Waals surface area contributed by atoms with Crippen molar-refractivity contribution < 1.29 is 9.53 Å². The second-order valence-corrected chi connectivity index (χ2v) is 2.48. The first-order valence-electron chi connectivity index (χ1n) is 3.83. The number of methoxy groups -OCH3 is 1. The lowest BCUT2D eigenvalue weighted by Gasteiger charge is -2.11. The maximum absolute atomic E-state index is 10.6. The largest absolute Gasteiger partial charge is 0.466 e. The molecule has 0 spiro atoms. The molecule has 0 aromatic heterocycles. The highest BCUT2D eigenvalue weighted by Gasteiger charge is 1.93. The molecule has 4 nitrogen and oxygen atoms in total. The third kappa shape index (κ3) is 9.04. The number of carbonyl (C=O) groups is 1. The van der Waals surface area contributed by atoms with Crippen LogP contribution in [0.2, 0.25) is 0 Å². The van der Waals surface area contributed by atoms with Crippen molar-refractivity contribution in [1.29, 1.82) is 0 Å². The predicted molar refractivity (Wildman–Crippen MR) is 54.4 cm³/mol. The standard InChI is InChI=1S/C8H16N2O2.CH4/c1-10(7-5-9)6-3-4-8(11)12-2;/h3-4H,5-7,9H2,1-2H3;1H4/b4-3+;. The number of ether oxygens (including phenoxy) is 1. The van der Waals surface area contributed by atoms with Gasteiger partial charge < -0.3 is 15.4 Å². The molecule has 0 heterocycles. The maximum atomic E-state index is 10.6. The molecule has 4 heteroatoms. The molecule has 2 N–H and O–H groups in total. The van der Waals surface area contributed by atoms with Gasteiger partial charge in [0, 0.05) is 25.7 Å². The summed E-state index contributed by atoms with van der Waals surface area (Å²) in [6, 6.07) is 0. The van der Waals surface area contributed by atoms with Crippen LogP contribution in [0.4, 0.5) is 0 Å². The van der Waals surface area contributed by atoms with Gasteiger partial charge in [0.05, 0.1) is 7.11 Å². The number of rotatable bonds is 5. The van der Waals surface area contributed by atoms with E-state index in [4.69, 9.17) is 5.73 Å². The lowest BCUT2D eigenvalue weighted by molar-refractivity contribution is -0.134. The average molecular weight is 188 g/mol. The van der Waals surface area contributed by atoms with E-state index in [9.17, 15) is 4.79 Å². The molecule has 0 aliphatic rings. The van der Waals surface area contributed by atoms with E-state index < -0.39 is 0 Å². The van der Waals surface area contributed by atoms with Gasteiger partial charge in [-0.1, -0.05) is 13.5 Å². The van der Waals surface area contributed by atoms with Crippen molar-refractivity contribution in [2.45, 2.75) is 7.43 Å². The molecule has 0 fully saturated rings. The summed E-state index contributed by atoms with van der Waals surface area (Å²) in [4.78, 5) is 12.6. The second kappa shape index (κ2) is 9.22. The van der Waals surface area contributed by atoms with Crippen LogP contribution in [0.5, 0.6) is 0 Å². The van der Waals surface area contributed by atoms with E-state index in [2.05, 4.69) is 4.74 Å². The smallest absolute Gasteiger partial charge is 0.330 e. The van der Waals surface area contributed by atoms with Crippen molar-refractivity contribution in [3.05, 3.63) is 12.2 Å². The van der Waals surface area contributed by atoms with Gasteiger partial charge in [0.1, 0.15) is 0 Å². The fourth-order valence-electron chi connectivity index (χ4n) is 0.709. The van der Waals surface area contributed by atoms with Gasteiger partial charge in [-0.2, -0.15) is 0 Å². The average Bonchev–Trinajstić information content (AvgIpc) is 2.04. The zero-order valence-electron chi connectivity index (χ0n) is 7.62. The van der Waals surface area contributed by atoms with Crippen LogP contribution in [0.3, 0.4) is 0 Å². The molecule has 0 unspecified atom stereocenters. The molecule has 0 aromatic carbocycles. The van der Waals surface area contributed by atoms with Crippen molar-refractivity contribution >= 4 is 5.97 Å². The molecule has 0 radical (unpaired) electrons. The minimum absolute atomic E-state index is 0. The molecule has 0 amide bonds. The highest BCUT2D eigenvalue weighted by Crippen LogP contribution is 1.83. The van der Waals surface area contributed by atoms with Crippen LogP contribution in [0.25, 0.3) is 0 Å². The second-order valence-electron chi connectivity index (χ2n) is 2.48. The van der Waals surface area contributed by atoms with Crippen molar-refractivity contribution in [2.75, 3.05) is 33.8 Å². The van der Waals surface area contributed by atoms with Gasteiger partial charge in [0.25, 0.3) is 0 Å². The highest BCUT2D eigenvalue weighted by atomic mass is 16.5. The minimum atomic E-state index is -0.323. The van der Waals surface area contributed by atoms with E-state index in [1.54, 1.807) is 6.08 Å². The summed E-state index contributed by atoms with van der Waals surface area (Å²) in [6.45, 7) is 2.17. The molecule has 0 atom stereocenters. The Labute approximate surface area is 80.3 Å². The van der Waals surface area contributed by atoms with E-state index in [0.717, 1.165) is 6.54 Å². The maximum Gasteiger partial charge on any atom is 0.330 e. The number of likely N-dealkylation sites (N-methyl/N-ethyl adjacent to an activating group) is 1. The van der Waals surface area contributed by atoms with Gasteiger partial charge in [0.2, 0.25) is 0 Å². The number of esters is 1. The van der Waals surface area contributed by atoms with Gasteiger partial charge in [-0.15, -0.1) is 0 Å². The molecular weight excluding hydrogens is 168 g/mol. The molecule has 78 valence electrons. The quantitative estimate of drug-likeness (QED) is 0.496. The monoisotopic (exact) mass is 188 g/mol. The molecule has 0 aliphatic carbocycles. The van der Waals surface area contributed by atoms with Crippen molar-refractivity contribution in [3.63, 3.8) is 0 Å². The Bertz CT molecular complexity index is 158. The first-order valence-corrected chi connectivity index (χ1v) is 3.83. The topological polar surface area (TPSA) is 55.6 Å². The number of nitrogens with two attached hydrogens (primary N) is 1. The van der Waals surface area contributed by atoms with E-state index in [0.29, 0.717) is 13.1 Å². The van der Waals surface area contributed by atoms with Gasteiger partial charge >= 0.3 is 5.97 Å². The summed E-state index contributed by atoms with van der Waals surface area (Å²) >= 11 is 0. The summed E-state index contributed by atoms with van der Waals surface area (Å²) in [5.74, 6) is -0.323. The van der Waals surface area contributed by atoms with Gasteiger partial charge in [-0.3, -0.25) is 0 Å². The first kappa shape index (κ1) is 14.6. The van der Waals surface area contributed by atoms with Crippen LogP contribution in [-0.4, -0.2) is 44.7 Å². The van der Waals surface area contributed by atoms with E-state index in [1.807, 2.05) is 11.9 Å². The van der Waals surface area contributed by atoms with Crippen LogP contribution >= 0.6 is 0 Å². The summed E-state index contributed by atoms with van der Waals surface area (Å²) in [5.41, 5.74) is 5.33. The van der Waals surface area contributed by atoms with Crippen molar-refractivity contribution in [1.82, 2.24) is 4.90 Å². The SMILES string of the molecule is C.COC(=O)/C=C/CN(C)CCN. The van der Waals surface area contributed by atoms with Gasteiger partial charge in [-0.05, 0) is 7.05 Å². The van der Waals surface area contributed by atoms with Crippen LogP contribution < -0.4 is 5.73 Å². The third-order valence-corrected chi connectivity index (χ3v) is 1.38. The minimum Gasteiger partial charge on any atom is -0.466 e. The highest BCUT2D eigenvalue weighted by molar-refractivity contribution is 5.81. The van der Waals surface area contributed by atoms with Crippen molar-refractivity contribution in [3.8, 4) is 0 Å². The number of nitrogens with zero attached hydrogens (tertiary/aromatic N) is 1. The zero-order valence-corrected chi connectivity index (χ0v) is 7.62.